The zero-order valence-corrected chi connectivity index (χ0v) is 16.7. The Morgan fingerprint density at radius 2 is 1.62 bits per heavy atom. The first-order valence-electron chi connectivity index (χ1n) is 8.57. The molecule has 0 saturated carbocycles. The van der Waals surface area contributed by atoms with Crippen LogP contribution in [0, 0.1) is 6.92 Å². The van der Waals surface area contributed by atoms with E-state index in [0.717, 1.165) is 27.4 Å². The molecule has 0 bridgehead atoms. The van der Waals surface area contributed by atoms with Gasteiger partial charge in [-0.1, -0.05) is 50.2 Å². The quantitative estimate of drug-likeness (QED) is 0.833. The number of carbonyl (C=O) groups is 1. The lowest BCUT2D eigenvalue weighted by Crippen LogP contribution is -2.45. The van der Waals surface area contributed by atoms with Crippen molar-refractivity contribution in [2.45, 2.75) is 39.7 Å². The van der Waals surface area contributed by atoms with E-state index in [1.54, 1.807) is 37.3 Å². The van der Waals surface area contributed by atoms with Crippen LogP contribution in [0.15, 0.2) is 48.5 Å². The smallest absolute Gasteiger partial charge is 0.248 e. The highest BCUT2D eigenvalue weighted by molar-refractivity contribution is 7.92. The number of benzene rings is 2. The van der Waals surface area contributed by atoms with Crippen molar-refractivity contribution < 1.29 is 13.2 Å². The van der Waals surface area contributed by atoms with Gasteiger partial charge in [0.1, 0.15) is 6.04 Å². The lowest BCUT2D eigenvalue weighted by Gasteiger charge is -2.29. The summed E-state index contributed by atoms with van der Waals surface area (Å²) in [5, 5.41) is 2.94. The van der Waals surface area contributed by atoms with Crippen molar-refractivity contribution in [2.24, 2.45) is 0 Å². The third kappa shape index (κ3) is 4.43. The van der Waals surface area contributed by atoms with Gasteiger partial charge in [0.2, 0.25) is 15.9 Å². The van der Waals surface area contributed by atoms with E-state index in [4.69, 9.17) is 0 Å². The van der Waals surface area contributed by atoms with Gasteiger partial charge in [-0.25, -0.2) is 8.42 Å². The summed E-state index contributed by atoms with van der Waals surface area (Å²) in [5.74, 6) is -0.129. The van der Waals surface area contributed by atoms with Gasteiger partial charge in [-0.05, 0) is 43.0 Å². The Bertz CT molecular complexity index is 877. The zero-order chi connectivity index (χ0) is 19.5. The average molecular weight is 375 g/mol. The SMILES string of the molecule is Cc1cccc(C(C)C)c1NC(=O)C(C)N(c1ccccc1)S(C)(=O)=O. The standard InChI is InChI=1S/C20H26N2O3S/c1-14(2)18-13-9-10-15(3)19(18)21-20(23)16(4)22(26(5,24)25)17-11-7-6-8-12-17/h6-14,16H,1-5H3,(H,21,23). The molecule has 0 aliphatic rings. The third-order valence-corrected chi connectivity index (χ3v) is 5.52. The van der Waals surface area contributed by atoms with Crippen LogP contribution in [0.4, 0.5) is 11.4 Å². The number of sulfonamides is 1. The molecule has 0 aromatic heterocycles. The van der Waals surface area contributed by atoms with E-state index in [2.05, 4.69) is 19.2 Å². The van der Waals surface area contributed by atoms with E-state index in [1.165, 1.54) is 0 Å². The lowest BCUT2D eigenvalue weighted by molar-refractivity contribution is -0.116. The van der Waals surface area contributed by atoms with Crippen molar-refractivity contribution in [2.75, 3.05) is 15.9 Å². The van der Waals surface area contributed by atoms with Gasteiger partial charge in [-0.2, -0.15) is 0 Å². The van der Waals surface area contributed by atoms with Crippen LogP contribution in [0.5, 0.6) is 0 Å². The first kappa shape index (κ1) is 20.0. The Labute approximate surface area is 156 Å². The Kier molecular flexibility index (Phi) is 6.08. The molecular formula is C20H26N2O3S. The summed E-state index contributed by atoms with van der Waals surface area (Å²) in [6, 6.07) is 13.6. The summed E-state index contributed by atoms with van der Waals surface area (Å²) in [6.45, 7) is 7.63. The fraction of sp³-hybridized carbons (Fsp3) is 0.350. The molecule has 5 nitrogen and oxygen atoms in total. The molecule has 0 spiro atoms. The number of anilines is 2. The molecule has 0 saturated heterocycles. The Hall–Kier alpha value is -2.34. The predicted molar refractivity (Wildman–Crippen MR) is 107 cm³/mol. The maximum Gasteiger partial charge on any atom is 0.248 e. The minimum absolute atomic E-state index is 0.237. The van der Waals surface area contributed by atoms with Crippen molar-refractivity contribution in [3.8, 4) is 0 Å². The number of hydrogen-bond donors (Lipinski definition) is 1. The average Bonchev–Trinajstić information content (AvgIpc) is 2.56. The fourth-order valence-corrected chi connectivity index (χ4v) is 4.13. The van der Waals surface area contributed by atoms with Crippen LogP contribution in [0.3, 0.4) is 0 Å². The first-order chi connectivity index (χ1) is 12.1. The van der Waals surface area contributed by atoms with Crippen molar-refractivity contribution in [1.29, 1.82) is 0 Å². The van der Waals surface area contributed by atoms with Crippen molar-refractivity contribution in [3.05, 3.63) is 59.7 Å². The Balaban J connectivity index is 2.37. The van der Waals surface area contributed by atoms with Crippen molar-refractivity contribution in [3.63, 3.8) is 0 Å². The molecule has 1 N–H and O–H groups in total. The molecule has 0 aliphatic carbocycles. The summed E-state index contributed by atoms with van der Waals surface area (Å²) in [6.07, 6.45) is 1.11. The second kappa shape index (κ2) is 7.91. The largest absolute Gasteiger partial charge is 0.324 e. The molecule has 2 aromatic carbocycles. The first-order valence-corrected chi connectivity index (χ1v) is 10.4. The number of nitrogens with zero attached hydrogens (tertiary/aromatic N) is 1. The summed E-state index contributed by atoms with van der Waals surface area (Å²) >= 11 is 0. The number of nitrogens with one attached hydrogen (secondary N) is 1. The molecular weight excluding hydrogens is 348 g/mol. The number of carbonyl (C=O) groups excluding carboxylic acids is 1. The number of amides is 1. The molecule has 0 heterocycles. The summed E-state index contributed by atoms with van der Waals surface area (Å²) in [5.41, 5.74) is 3.19. The van der Waals surface area contributed by atoms with Gasteiger partial charge in [-0.15, -0.1) is 0 Å². The van der Waals surface area contributed by atoms with Crippen LogP contribution in [0.1, 0.15) is 37.8 Å². The van der Waals surface area contributed by atoms with Crippen molar-refractivity contribution in [1.82, 2.24) is 0 Å². The molecule has 0 radical (unpaired) electrons. The van der Waals surface area contributed by atoms with Crippen LogP contribution in [-0.4, -0.2) is 26.6 Å². The lowest BCUT2D eigenvalue weighted by atomic mass is 9.98. The van der Waals surface area contributed by atoms with Gasteiger partial charge < -0.3 is 5.32 Å². The highest BCUT2D eigenvalue weighted by atomic mass is 32.2. The van der Waals surface area contributed by atoms with Gasteiger partial charge in [-0.3, -0.25) is 9.10 Å². The molecule has 0 aliphatic heterocycles. The number of hydrogen-bond acceptors (Lipinski definition) is 3. The maximum absolute atomic E-state index is 12.9. The molecule has 6 heteroatoms. The topological polar surface area (TPSA) is 66.5 Å². The normalized spacial score (nSPS) is 12.7. The van der Waals surface area contributed by atoms with E-state index < -0.39 is 16.1 Å². The molecule has 2 aromatic rings. The number of aryl methyl sites for hydroxylation is 1. The van der Waals surface area contributed by atoms with E-state index in [-0.39, 0.29) is 11.8 Å². The summed E-state index contributed by atoms with van der Waals surface area (Å²) in [4.78, 5) is 12.9. The zero-order valence-electron chi connectivity index (χ0n) is 15.9. The molecule has 26 heavy (non-hydrogen) atoms. The highest BCUT2D eigenvalue weighted by Gasteiger charge is 2.29. The summed E-state index contributed by atoms with van der Waals surface area (Å²) in [7, 11) is -3.62. The van der Waals surface area contributed by atoms with Gasteiger partial charge in [0.25, 0.3) is 0 Å². The van der Waals surface area contributed by atoms with Crippen LogP contribution < -0.4 is 9.62 Å². The molecule has 140 valence electrons. The second-order valence-electron chi connectivity index (χ2n) is 6.75. The highest BCUT2D eigenvalue weighted by Crippen LogP contribution is 2.28. The van der Waals surface area contributed by atoms with Crippen LogP contribution in [0.2, 0.25) is 0 Å². The van der Waals surface area contributed by atoms with Crippen LogP contribution in [0.25, 0.3) is 0 Å². The number of para-hydroxylation sites is 2. The fourth-order valence-electron chi connectivity index (χ4n) is 2.95. The third-order valence-electron chi connectivity index (χ3n) is 4.27. The van der Waals surface area contributed by atoms with E-state index in [9.17, 15) is 13.2 Å². The predicted octanol–water partition coefficient (Wildman–Crippen LogP) is 3.91. The van der Waals surface area contributed by atoms with Crippen molar-refractivity contribution >= 4 is 27.3 Å². The minimum atomic E-state index is -3.62. The number of rotatable bonds is 6. The van der Waals surface area contributed by atoms with E-state index >= 15 is 0 Å². The summed E-state index contributed by atoms with van der Waals surface area (Å²) < 4.78 is 25.8. The molecule has 1 amide bonds. The maximum atomic E-state index is 12.9. The Morgan fingerprint density at radius 3 is 2.15 bits per heavy atom. The van der Waals surface area contributed by atoms with E-state index in [1.807, 2.05) is 25.1 Å². The molecule has 1 unspecified atom stereocenters. The molecule has 0 fully saturated rings. The molecule has 2 rings (SSSR count). The van der Waals surface area contributed by atoms with E-state index in [0.29, 0.717) is 5.69 Å². The van der Waals surface area contributed by atoms with Crippen LogP contribution in [-0.2, 0) is 14.8 Å². The van der Waals surface area contributed by atoms with Gasteiger partial charge >= 0.3 is 0 Å². The Morgan fingerprint density at radius 1 is 1.00 bits per heavy atom. The molecule has 1 atom stereocenters. The van der Waals surface area contributed by atoms with Crippen LogP contribution >= 0.6 is 0 Å². The van der Waals surface area contributed by atoms with Gasteiger partial charge in [0.05, 0.1) is 11.9 Å². The second-order valence-corrected chi connectivity index (χ2v) is 8.61. The minimum Gasteiger partial charge on any atom is -0.324 e. The monoisotopic (exact) mass is 374 g/mol. The van der Waals surface area contributed by atoms with Gasteiger partial charge in [0.15, 0.2) is 0 Å². The van der Waals surface area contributed by atoms with Gasteiger partial charge in [0, 0.05) is 5.69 Å².